The maximum Gasteiger partial charge on any atom is 0.0616 e. The molecule has 1 aromatic heterocycles. The van der Waals surface area contributed by atoms with E-state index in [1.54, 1.807) is 0 Å². The molecule has 0 saturated heterocycles. The second kappa shape index (κ2) is 6.15. The molecule has 0 radical (unpaired) electrons. The van der Waals surface area contributed by atoms with E-state index in [2.05, 4.69) is 112 Å². The molecule has 0 fully saturated rings. The lowest BCUT2D eigenvalue weighted by molar-refractivity contribution is 1.51. The predicted molar refractivity (Wildman–Crippen MR) is 114 cm³/mol. The Morgan fingerprint density at radius 1 is 0.615 bits per heavy atom. The van der Waals surface area contributed by atoms with Crippen LogP contribution in [-0.4, -0.2) is 4.98 Å². The van der Waals surface area contributed by atoms with Crippen molar-refractivity contribution in [3.8, 4) is 22.3 Å². The van der Waals surface area contributed by atoms with Crippen LogP contribution in [0.2, 0.25) is 0 Å². The molecular formula is C24H16BrN. The van der Waals surface area contributed by atoms with Gasteiger partial charge < -0.3 is 4.98 Å². The minimum Gasteiger partial charge on any atom is -0.354 e. The SMILES string of the molecule is Brc1c(-c2ccccc2)c(-c2ccccc2)cc2c1[nH]c1ccccc12. The molecule has 4 aromatic carbocycles. The lowest BCUT2D eigenvalue weighted by Crippen LogP contribution is -1.88. The number of aromatic nitrogens is 1. The van der Waals surface area contributed by atoms with Gasteiger partial charge in [-0.05, 0) is 44.8 Å². The van der Waals surface area contributed by atoms with Crippen molar-refractivity contribution in [1.29, 1.82) is 0 Å². The molecule has 26 heavy (non-hydrogen) atoms. The molecule has 0 bridgehead atoms. The highest BCUT2D eigenvalue weighted by molar-refractivity contribution is 9.10. The third-order valence-corrected chi connectivity index (χ3v) is 5.68. The zero-order valence-electron chi connectivity index (χ0n) is 14.0. The summed E-state index contributed by atoms with van der Waals surface area (Å²) in [5, 5.41) is 2.49. The van der Waals surface area contributed by atoms with Gasteiger partial charge >= 0.3 is 0 Å². The molecule has 1 N–H and O–H groups in total. The molecular weight excluding hydrogens is 382 g/mol. The summed E-state index contributed by atoms with van der Waals surface area (Å²) in [4.78, 5) is 3.59. The highest BCUT2D eigenvalue weighted by Gasteiger charge is 2.17. The summed E-state index contributed by atoms with van der Waals surface area (Å²) in [5.74, 6) is 0. The van der Waals surface area contributed by atoms with E-state index < -0.39 is 0 Å². The molecule has 0 spiro atoms. The highest BCUT2D eigenvalue weighted by Crippen LogP contribution is 2.44. The summed E-state index contributed by atoms with van der Waals surface area (Å²) in [6, 6.07) is 32.0. The number of H-pyrrole nitrogens is 1. The molecule has 2 heteroatoms. The van der Waals surface area contributed by atoms with Crippen molar-refractivity contribution >= 4 is 37.7 Å². The highest BCUT2D eigenvalue weighted by atomic mass is 79.9. The van der Waals surface area contributed by atoms with Crippen LogP contribution in [0.25, 0.3) is 44.1 Å². The Kier molecular flexibility index (Phi) is 3.65. The first-order chi connectivity index (χ1) is 12.8. The Bertz CT molecular complexity index is 1220. The van der Waals surface area contributed by atoms with E-state index in [1.807, 2.05) is 0 Å². The van der Waals surface area contributed by atoms with Crippen LogP contribution >= 0.6 is 15.9 Å². The Morgan fingerprint density at radius 3 is 1.96 bits per heavy atom. The van der Waals surface area contributed by atoms with Crippen LogP contribution in [0.4, 0.5) is 0 Å². The smallest absolute Gasteiger partial charge is 0.0616 e. The average Bonchev–Trinajstić information content (AvgIpc) is 3.08. The Morgan fingerprint density at radius 2 is 1.23 bits per heavy atom. The minimum atomic E-state index is 1.11. The molecule has 0 amide bonds. The third kappa shape index (κ3) is 2.38. The van der Waals surface area contributed by atoms with Gasteiger partial charge in [0.25, 0.3) is 0 Å². The number of fused-ring (bicyclic) bond motifs is 3. The van der Waals surface area contributed by atoms with E-state index in [1.165, 1.54) is 33.0 Å². The molecule has 0 aliphatic carbocycles. The van der Waals surface area contributed by atoms with Gasteiger partial charge in [0.15, 0.2) is 0 Å². The van der Waals surface area contributed by atoms with Crippen molar-refractivity contribution in [2.45, 2.75) is 0 Å². The molecule has 124 valence electrons. The third-order valence-electron chi connectivity index (χ3n) is 4.89. The van der Waals surface area contributed by atoms with Crippen molar-refractivity contribution in [2.75, 3.05) is 0 Å². The van der Waals surface area contributed by atoms with E-state index >= 15 is 0 Å². The standard InChI is InChI=1S/C24H16BrN/c25-23-22(17-11-5-2-6-12-17)19(16-9-3-1-4-10-16)15-20-18-13-7-8-14-21(18)26-24(20)23/h1-15,26H. The number of halogens is 1. The molecule has 0 aliphatic heterocycles. The van der Waals surface area contributed by atoms with Gasteiger partial charge in [0.1, 0.15) is 0 Å². The van der Waals surface area contributed by atoms with Crippen molar-refractivity contribution in [2.24, 2.45) is 0 Å². The average molecular weight is 398 g/mol. The zero-order chi connectivity index (χ0) is 17.5. The summed E-state index contributed by atoms with van der Waals surface area (Å²) in [7, 11) is 0. The van der Waals surface area contributed by atoms with E-state index in [9.17, 15) is 0 Å². The second-order valence-electron chi connectivity index (χ2n) is 6.44. The van der Waals surface area contributed by atoms with E-state index in [-0.39, 0.29) is 0 Å². The van der Waals surface area contributed by atoms with Gasteiger partial charge in [-0.1, -0.05) is 78.9 Å². The molecule has 1 heterocycles. The van der Waals surface area contributed by atoms with Crippen molar-refractivity contribution < 1.29 is 0 Å². The fraction of sp³-hybridized carbons (Fsp3) is 0. The van der Waals surface area contributed by atoms with Gasteiger partial charge in [-0.25, -0.2) is 0 Å². The first-order valence-corrected chi connectivity index (χ1v) is 9.46. The Labute approximate surface area is 160 Å². The monoisotopic (exact) mass is 397 g/mol. The van der Waals surface area contributed by atoms with Crippen LogP contribution < -0.4 is 0 Å². The summed E-state index contributed by atoms with van der Waals surface area (Å²) in [6.07, 6.45) is 0. The zero-order valence-corrected chi connectivity index (χ0v) is 15.6. The number of hydrogen-bond acceptors (Lipinski definition) is 0. The number of hydrogen-bond donors (Lipinski definition) is 1. The maximum atomic E-state index is 3.91. The number of rotatable bonds is 2. The Balaban J connectivity index is 1.95. The second-order valence-corrected chi connectivity index (χ2v) is 7.23. The maximum absolute atomic E-state index is 3.91. The lowest BCUT2D eigenvalue weighted by Gasteiger charge is -2.14. The Hall–Kier alpha value is -2.84. The minimum absolute atomic E-state index is 1.11. The number of benzene rings is 4. The fourth-order valence-corrected chi connectivity index (χ4v) is 4.43. The van der Waals surface area contributed by atoms with Crippen LogP contribution in [0.5, 0.6) is 0 Å². The lowest BCUT2D eigenvalue weighted by atomic mass is 9.92. The number of nitrogens with one attached hydrogen (secondary N) is 1. The van der Waals surface area contributed by atoms with Gasteiger partial charge in [-0.15, -0.1) is 0 Å². The first kappa shape index (κ1) is 15.4. The van der Waals surface area contributed by atoms with Crippen molar-refractivity contribution in [3.63, 3.8) is 0 Å². The van der Waals surface area contributed by atoms with Crippen LogP contribution in [0.1, 0.15) is 0 Å². The summed E-state index contributed by atoms with van der Waals surface area (Å²) >= 11 is 3.91. The van der Waals surface area contributed by atoms with E-state index in [0.717, 1.165) is 15.5 Å². The normalized spacial score (nSPS) is 11.3. The van der Waals surface area contributed by atoms with Gasteiger partial charge in [0.05, 0.1) is 9.99 Å². The molecule has 1 nitrogen and oxygen atoms in total. The number of para-hydroxylation sites is 1. The van der Waals surface area contributed by atoms with Gasteiger partial charge in [0, 0.05) is 21.9 Å². The van der Waals surface area contributed by atoms with Gasteiger partial charge in [-0.2, -0.15) is 0 Å². The molecule has 5 aromatic rings. The van der Waals surface area contributed by atoms with Crippen molar-refractivity contribution in [1.82, 2.24) is 4.98 Å². The van der Waals surface area contributed by atoms with Crippen LogP contribution in [-0.2, 0) is 0 Å². The van der Waals surface area contributed by atoms with Crippen molar-refractivity contribution in [3.05, 3.63) is 95.5 Å². The fourth-order valence-electron chi connectivity index (χ4n) is 3.68. The van der Waals surface area contributed by atoms with Gasteiger partial charge in [-0.3, -0.25) is 0 Å². The quantitative estimate of drug-likeness (QED) is 0.319. The predicted octanol–water partition coefficient (Wildman–Crippen LogP) is 7.42. The summed E-state index contributed by atoms with van der Waals surface area (Å²) in [5.41, 5.74) is 7.19. The molecule has 0 atom stereocenters. The topological polar surface area (TPSA) is 15.8 Å². The molecule has 0 unspecified atom stereocenters. The molecule has 5 rings (SSSR count). The van der Waals surface area contributed by atoms with Crippen LogP contribution in [0.15, 0.2) is 95.5 Å². The summed E-state index contributed by atoms with van der Waals surface area (Å²) in [6.45, 7) is 0. The largest absolute Gasteiger partial charge is 0.354 e. The van der Waals surface area contributed by atoms with Crippen LogP contribution in [0, 0.1) is 0 Å². The molecule has 0 saturated carbocycles. The van der Waals surface area contributed by atoms with Crippen LogP contribution in [0.3, 0.4) is 0 Å². The van der Waals surface area contributed by atoms with E-state index in [4.69, 9.17) is 0 Å². The number of aromatic amines is 1. The first-order valence-electron chi connectivity index (χ1n) is 8.67. The van der Waals surface area contributed by atoms with E-state index in [0.29, 0.717) is 0 Å². The summed E-state index contributed by atoms with van der Waals surface area (Å²) < 4.78 is 1.11. The van der Waals surface area contributed by atoms with Gasteiger partial charge in [0.2, 0.25) is 0 Å². The molecule has 0 aliphatic rings.